The van der Waals surface area contributed by atoms with Gasteiger partial charge in [0.25, 0.3) is 0 Å². The van der Waals surface area contributed by atoms with Crippen molar-refractivity contribution in [3.05, 3.63) is 121 Å². The average Bonchev–Trinajstić information content (AvgIpc) is 3.02. The summed E-state index contributed by atoms with van der Waals surface area (Å²) in [7, 11) is 0. The number of hydrogen-bond acceptors (Lipinski definition) is 4. The van der Waals surface area contributed by atoms with Crippen molar-refractivity contribution in [1.29, 1.82) is 0 Å². The van der Waals surface area contributed by atoms with E-state index in [-0.39, 0.29) is 0 Å². The summed E-state index contributed by atoms with van der Waals surface area (Å²) in [5.41, 5.74) is 5.69. The first kappa shape index (κ1) is 21.2. The molecule has 2 aliphatic rings. The molecule has 0 spiro atoms. The van der Waals surface area contributed by atoms with Gasteiger partial charge in [-0.15, -0.1) is 0 Å². The van der Waals surface area contributed by atoms with E-state index in [4.69, 9.17) is 0 Å². The van der Waals surface area contributed by atoms with E-state index in [0.717, 1.165) is 28.3 Å². The van der Waals surface area contributed by atoms with Crippen LogP contribution in [0.3, 0.4) is 0 Å². The van der Waals surface area contributed by atoms with Crippen LogP contribution in [-0.4, -0.2) is 20.9 Å². The maximum Gasteiger partial charge on any atom is -0.0345 e. The first-order valence-electron chi connectivity index (χ1n) is 10.6. The Balaban J connectivity index is 1.37. The Morgan fingerprint density at radius 2 is 0.909 bits per heavy atom. The van der Waals surface area contributed by atoms with Gasteiger partial charge in [0.15, 0.2) is 0 Å². The van der Waals surface area contributed by atoms with Crippen LogP contribution in [0.5, 0.6) is 0 Å². The SMILES string of the molecule is c1ccc(N=Nc2ccc(N=Nc3cc([Te]c4ccccc4)c4cccccc3-4)cc2)cc1. The molecule has 0 aliphatic heterocycles. The van der Waals surface area contributed by atoms with Gasteiger partial charge in [-0.3, -0.25) is 0 Å². The molecule has 0 amide bonds. The van der Waals surface area contributed by atoms with Crippen LogP contribution >= 0.6 is 0 Å². The molecule has 0 N–H and O–H groups in total. The molecule has 3 aromatic carbocycles. The van der Waals surface area contributed by atoms with E-state index < -0.39 is 20.9 Å². The number of azo groups is 2. The number of fused-ring (bicyclic) bond motifs is 1. The molecule has 0 saturated heterocycles. The predicted molar refractivity (Wildman–Crippen MR) is 136 cm³/mol. The van der Waals surface area contributed by atoms with Gasteiger partial charge in [-0.25, -0.2) is 0 Å². The Bertz CT molecular complexity index is 1360. The molecule has 0 heterocycles. The second kappa shape index (κ2) is 10.3. The van der Waals surface area contributed by atoms with Crippen molar-refractivity contribution in [2.24, 2.45) is 20.5 Å². The molecule has 5 rings (SSSR count). The standard InChI is InChI=1S/C28H20N4Te/c1-4-10-21(11-5-1)29-30-22-16-18-23(19-17-22)31-32-27-20-28(33-24-12-6-2-7-13-24)26-15-9-3-8-14-25(26)27/h1-20H. The molecule has 0 bridgehead atoms. The minimum absolute atomic E-state index is 0.509. The van der Waals surface area contributed by atoms with Crippen molar-refractivity contribution in [3.8, 4) is 11.1 Å². The maximum absolute atomic E-state index is 4.61. The van der Waals surface area contributed by atoms with Crippen molar-refractivity contribution < 1.29 is 0 Å². The van der Waals surface area contributed by atoms with Crippen LogP contribution in [0, 0.1) is 0 Å². The average molecular weight is 540 g/mol. The smallest absolute Gasteiger partial charge is 0.0345 e. The normalized spacial score (nSPS) is 11.5. The van der Waals surface area contributed by atoms with Crippen molar-refractivity contribution >= 4 is 50.9 Å². The third-order valence-electron chi connectivity index (χ3n) is 4.98. The summed E-state index contributed by atoms with van der Waals surface area (Å²) in [6, 6.07) is 40.7. The van der Waals surface area contributed by atoms with Gasteiger partial charge in [0.05, 0.1) is 0 Å². The Morgan fingerprint density at radius 3 is 1.55 bits per heavy atom. The Hall–Kier alpha value is -3.65. The summed E-state index contributed by atoms with van der Waals surface area (Å²) in [6.45, 7) is 0. The Morgan fingerprint density at radius 1 is 0.424 bits per heavy atom. The van der Waals surface area contributed by atoms with Gasteiger partial charge < -0.3 is 0 Å². The molecule has 0 radical (unpaired) electrons. The number of hydrogen-bond donors (Lipinski definition) is 0. The summed E-state index contributed by atoms with van der Waals surface area (Å²) in [5, 5.41) is 17.6. The van der Waals surface area contributed by atoms with E-state index in [1.54, 1.807) is 0 Å². The third-order valence-corrected chi connectivity index (χ3v) is 8.02. The fourth-order valence-corrected chi connectivity index (χ4v) is 6.23. The zero-order chi connectivity index (χ0) is 22.3. The zero-order valence-electron chi connectivity index (χ0n) is 17.7. The van der Waals surface area contributed by atoms with Crippen LogP contribution in [0.2, 0.25) is 0 Å². The number of benzene rings is 3. The van der Waals surface area contributed by atoms with Crippen LogP contribution in [0.1, 0.15) is 0 Å². The van der Waals surface area contributed by atoms with Crippen molar-refractivity contribution in [3.63, 3.8) is 0 Å². The van der Waals surface area contributed by atoms with E-state index in [0.29, 0.717) is 0 Å². The minimum Gasteiger partial charge on any atom is -0.0601 e. The molecular weight excluding hydrogens is 520 g/mol. The first-order valence-corrected chi connectivity index (χ1v) is 12.9. The number of rotatable bonds is 6. The minimum atomic E-state index is -0.509. The fourth-order valence-electron chi connectivity index (χ4n) is 3.36. The Labute approximate surface area is 203 Å². The molecule has 2 aliphatic carbocycles. The topological polar surface area (TPSA) is 49.4 Å². The molecule has 5 heteroatoms. The van der Waals surface area contributed by atoms with Gasteiger partial charge >= 0.3 is 173 Å². The van der Waals surface area contributed by atoms with Crippen LogP contribution in [0.4, 0.5) is 22.7 Å². The second-order valence-corrected chi connectivity index (χ2v) is 10.5. The molecule has 0 aromatic heterocycles. The van der Waals surface area contributed by atoms with E-state index in [1.165, 1.54) is 12.8 Å². The van der Waals surface area contributed by atoms with Crippen molar-refractivity contribution in [2.75, 3.05) is 0 Å². The molecule has 33 heavy (non-hydrogen) atoms. The van der Waals surface area contributed by atoms with Crippen LogP contribution in [0.15, 0.2) is 142 Å². The first-order chi connectivity index (χ1) is 16.3. The molecule has 0 atom stereocenters. The summed E-state index contributed by atoms with van der Waals surface area (Å²) < 4.78 is 2.79. The second-order valence-electron chi connectivity index (χ2n) is 7.30. The van der Waals surface area contributed by atoms with E-state index in [1.807, 2.05) is 54.6 Å². The third kappa shape index (κ3) is 5.40. The van der Waals surface area contributed by atoms with E-state index in [9.17, 15) is 0 Å². The molecule has 4 nitrogen and oxygen atoms in total. The van der Waals surface area contributed by atoms with Gasteiger partial charge in [0.1, 0.15) is 0 Å². The molecule has 3 aromatic rings. The summed E-state index contributed by atoms with van der Waals surface area (Å²) >= 11 is -0.509. The van der Waals surface area contributed by atoms with Gasteiger partial charge in [0, 0.05) is 0 Å². The van der Waals surface area contributed by atoms with Crippen LogP contribution < -0.4 is 7.22 Å². The van der Waals surface area contributed by atoms with Gasteiger partial charge in [0.2, 0.25) is 0 Å². The number of nitrogens with zero attached hydrogens (tertiary/aromatic N) is 4. The zero-order valence-corrected chi connectivity index (χ0v) is 20.1. The molecule has 0 unspecified atom stereocenters. The summed E-state index contributed by atoms with van der Waals surface area (Å²) in [4.78, 5) is 0. The fraction of sp³-hybridized carbons (Fsp3) is 0. The summed E-state index contributed by atoms with van der Waals surface area (Å²) in [6.07, 6.45) is 0. The maximum atomic E-state index is 4.61. The van der Waals surface area contributed by atoms with Crippen molar-refractivity contribution in [2.45, 2.75) is 0 Å². The van der Waals surface area contributed by atoms with Crippen LogP contribution in [0.25, 0.3) is 11.1 Å². The predicted octanol–water partition coefficient (Wildman–Crippen LogP) is 7.28. The molecule has 0 fully saturated rings. The molecule has 158 valence electrons. The van der Waals surface area contributed by atoms with Crippen molar-refractivity contribution in [1.82, 2.24) is 0 Å². The van der Waals surface area contributed by atoms with Gasteiger partial charge in [-0.2, -0.15) is 0 Å². The quantitative estimate of drug-likeness (QED) is 0.161. The largest absolute Gasteiger partial charge is 0.0601 e. The van der Waals surface area contributed by atoms with E-state index >= 15 is 0 Å². The molecule has 0 saturated carbocycles. The monoisotopic (exact) mass is 542 g/mol. The summed E-state index contributed by atoms with van der Waals surface area (Å²) in [5.74, 6) is 0. The van der Waals surface area contributed by atoms with Gasteiger partial charge in [-0.1, -0.05) is 18.2 Å². The van der Waals surface area contributed by atoms with E-state index in [2.05, 4.69) is 87.2 Å². The van der Waals surface area contributed by atoms with Gasteiger partial charge in [-0.05, 0) is 12.1 Å². The molecular formula is C28H20N4Te. The van der Waals surface area contributed by atoms with Crippen LogP contribution in [-0.2, 0) is 0 Å². The Kier molecular flexibility index (Phi) is 6.63.